The summed E-state index contributed by atoms with van der Waals surface area (Å²) >= 11 is 0. The molecule has 2 atom stereocenters. The van der Waals surface area contributed by atoms with Gasteiger partial charge in [-0.25, -0.2) is 0 Å². The van der Waals surface area contributed by atoms with Gasteiger partial charge in [0, 0.05) is 25.4 Å². The molecule has 1 amide bonds. The number of carboxylic acids is 1. The molecule has 1 aliphatic rings. The van der Waals surface area contributed by atoms with Crippen molar-refractivity contribution < 1.29 is 14.7 Å². The fourth-order valence-electron chi connectivity index (χ4n) is 2.59. The number of nitrogens with zero attached hydrogens (tertiary/aromatic N) is 2. The van der Waals surface area contributed by atoms with Crippen LogP contribution >= 0.6 is 0 Å². The maximum Gasteiger partial charge on any atom is 0.307 e. The third-order valence-corrected chi connectivity index (χ3v) is 3.93. The second kappa shape index (κ2) is 5.63. The van der Waals surface area contributed by atoms with Crippen molar-refractivity contribution in [2.75, 3.05) is 0 Å². The third kappa shape index (κ3) is 2.86. The molecular formula is C16H17N3O3. The summed E-state index contributed by atoms with van der Waals surface area (Å²) in [4.78, 5) is 22.8. The number of carboxylic acid groups (broad SMARTS) is 1. The molecule has 0 spiro atoms. The van der Waals surface area contributed by atoms with Crippen LogP contribution in [-0.4, -0.2) is 26.8 Å². The summed E-state index contributed by atoms with van der Waals surface area (Å²) in [6.07, 6.45) is 4.13. The minimum absolute atomic E-state index is 0.187. The van der Waals surface area contributed by atoms with Crippen LogP contribution < -0.4 is 5.32 Å². The van der Waals surface area contributed by atoms with Gasteiger partial charge < -0.3 is 10.4 Å². The van der Waals surface area contributed by atoms with Crippen molar-refractivity contribution in [2.24, 2.45) is 18.9 Å². The fraction of sp³-hybridized carbons (Fsp3) is 0.312. The van der Waals surface area contributed by atoms with Crippen LogP contribution in [0.5, 0.6) is 0 Å². The molecule has 1 aliphatic carbocycles. The molecule has 2 unspecified atom stereocenters. The van der Waals surface area contributed by atoms with Gasteiger partial charge in [-0.15, -0.1) is 0 Å². The molecule has 0 bridgehead atoms. The number of nitrogens with one attached hydrogen (secondary N) is 1. The van der Waals surface area contributed by atoms with Crippen molar-refractivity contribution in [2.45, 2.75) is 13.0 Å². The second-order valence-corrected chi connectivity index (χ2v) is 5.56. The number of amides is 1. The lowest BCUT2D eigenvalue weighted by Crippen LogP contribution is -2.26. The first-order valence-corrected chi connectivity index (χ1v) is 7.13. The van der Waals surface area contributed by atoms with Crippen molar-refractivity contribution >= 4 is 11.9 Å². The maximum absolute atomic E-state index is 12.0. The predicted molar refractivity (Wildman–Crippen MR) is 79.7 cm³/mol. The van der Waals surface area contributed by atoms with Crippen molar-refractivity contribution in [1.29, 1.82) is 0 Å². The molecule has 22 heavy (non-hydrogen) atoms. The van der Waals surface area contributed by atoms with Crippen LogP contribution in [0.3, 0.4) is 0 Å². The molecule has 1 aromatic carbocycles. The lowest BCUT2D eigenvalue weighted by Gasteiger charge is -2.09. The summed E-state index contributed by atoms with van der Waals surface area (Å²) in [6.45, 7) is 0.382. The Balaban J connectivity index is 1.69. The summed E-state index contributed by atoms with van der Waals surface area (Å²) in [5.41, 5.74) is 2.99. The highest BCUT2D eigenvalue weighted by atomic mass is 16.4. The van der Waals surface area contributed by atoms with E-state index in [0.29, 0.717) is 13.0 Å². The quantitative estimate of drug-likeness (QED) is 0.874. The molecule has 0 saturated heterocycles. The predicted octanol–water partition coefficient (Wildman–Crippen LogP) is 1.42. The highest BCUT2D eigenvalue weighted by Crippen LogP contribution is 2.38. The second-order valence-electron chi connectivity index (χ2n) is 5.56. The molecule has 1 heterocycles. The normalized spacial score (nSPS) is 19.7. The molecule has 3 rings (SSSR count). The van der Waals surface area contributed by atoms with E-state index in [1.807, 2.05) is 37.5 Å². The Bertz CT molecular complexity index is 723. The zero-order chi connectivity index (χ0) is 15.7. The Labute approximate surface area is 127 Å². The minimum Gasteiger partial charge on any atom is -0.481 e. The van der Waals surface area contributed by atoms with Gasteiger partial charge in [-0.2, -0.15) is 5.10 Å². The summed E-state index contributed by atoms with van der Waals surface area (Å²) in [5, 5.41) is 15.9. The summed E-state index contributed by atoms with van der Waals surface area (Å²) in [5.74, 6) is -1.99. The van der Waals surface area contributed by atoms with E-state index in [4.69, 9.17) is 5.11 Å². The number of hydrogen-bond acceptors (Lipinski definition) is 3. The van der Waals surface area contributed by atoms with Crippen LogP contribution in [0, 0.1) is 11.8 Å². The van der Waals surface area contributed by atoms with Crippen molar-refractivity contribution in [1.82, 2.24) is 15.1 Å². The van der Waals surface area contributed by atoms with E-state index in [9.17, 15) is 9.59 Å². The topological polar surface area (TPSA) is 84.2 Å². The minimum atomic E-state index is -0.893. The highest BCUT2D eigenvalue weighted by molar-refractivity contribution is 5.89. The standard InChI is InChI=1S/C16H17N3O3/c1-19-9-11(8-18-19)12-5-3-2-4-10(12)7-17-15(20)13-6-14(13)16(21)22/h2-5,8-9,13-14H,6-7H2,1H3,(H,17,20)(H,21,22). The molecule has 1 fully saturated rings. The van der Waals surface area contributed by atoms with Crippen LogP contribution in [0.1, 0.15) is 12.0 Å². The lowest BCUT2D eigenvalue weighted by molar-refractivity contribution is -0.140. The van der Waals surface area contributed by atoms with E-state index in [1.165, 1.54) is 0 Å². The van der Waals surface area contributed by atoms with Gasteiger partial charge in [0.15, 0.2) is 0 Å². The van der Waals surface area contributed by atoms with Gasteiger partial charge in [-0.05, 0) is 17.5 Å². The van der Waals surface area contributed by atoms with Gasteiger partial charge in [0.25, 0.3) is 0 Å². The molecule has 1 saturated carbocycles. The van der Waals surface area contributed by atoms with Crippen molar-refractivity contribution in [3.63, 3.8) is 0 Å². The van der Waals surface area contributed by atoms with Crippen LogP contribution in [0.25, 0.3) is 11.1 Å². The SMILES string of the molecule is Cn1cc(-c2ccccc2CNC(=O)C2CC2C(=O)O)cn1. The van der Waals surface area contributed by atoms with E-state index in [2.05, 4.69) is 10.4 Å². The van der Waals surface area contributed by atoms with Crippen LogP contribution in [0.2, 0.25) is 0 Å². The van der Waals surface area contributed by atoms with Crippen LogP contribution in [-0.2, 0) is 23.2 Å². The Morgan fingerprint density at radius 3 is 2.77 bits per heavy atom. The summed E-state index contributed by atoms with van der Waals surface area (Å²) in [7, 11) is 1.85. The number of aryl methyl sites for hydroxylation is 1. The molecule has 2 aromatic rings. The van der Waals surface area contributed by atoms with Gasteiger partial charge in [-0.1, -0.05) is 24.3 Å². The first kappa shape index (κ1) is 14.3. The summed E-state index contributed by atoms with van der Waals surface area (Å²) in [6, 6.07) is 7.79. The lowest BCUT2D eigenvalue weighted by atomic mass is 10.0. The number of benzene rings is 1. The fourth-order valence-corrected chi connectivity index (χ4v) is 2.59. The average molecular weight is 299 g/mol. The van der Waals surface area contributed by atoms with Crippen molar-refractivity contribution in [3.05, 3.63) is 42.2 Å². The number of aliphatic carboxylic acids is 1. The van der Waals surface area contributed by atoms with E-state index in [0.717, 1.165) is 16.7 Å². The Morgan fingerprint density at radius 2 is 2.14 bits per heavy atom. The van der Waals surface area contributed by atoms with Crippen LogP contribution in [0.15, 0.2) is 36.7 Å². The Morgan fingerprint density at radius 1 is 1.36 bits per heavy atom. The zero-order valence-electron chi connectivity index (χ0n) is 12.2. The highest BCUT2D eigenvalue weighted by Gasteiger charge is 2.48. The van der Waals surface area contributed by atoms with Crippen LogP contribution in [0.4, 0.5) is 0 Å². The van der Waals surface area contributed by atoms with E-state index in [1.54, 1.807) is 10.9 Å². The smallest absolute Gasteiger partial charge is 0.307 e. The van der Waals surface area contributed by atoms with Gasteiger partial charge >= 0.3 is 5.97 Å². The van der Waals surface area contributed by atoms with Gasteiger partial charge in [0.1, 0.15) is 0 Å². The van der Waals surface area contributed by atoms with Crippen molar-refractivity contribution in [3.8, 4) is 11.1 Å². The van der Waals surface area contributed by atoms with Gasteiger partial charge in [0.2, 0.25) is 5.91 Å². The molecule has 0 radical (unpaired) electrons. The van der Waals surface area contributed by atoms with E-state index < -0.39 is 11.9 Å². The number of carbonyl (C=O) groups excluding carboxylic acids is 1. The number of carbonyl (C=O) groups is 2. The zero-order valence-corrected chi connectivity index (χ0v) is 12.2. The molecule has 6 nitrogen and oxygen atoms in total. The molecule has 1 aromatic heterocycles. The van der Waals surface area contributed by atoms with E-state index in [-0.39, 0.29) is 11.8 Å². The largest absolute Gasteiger partial charge is 0.481 e. The number of rotatable bonds is 5. The number of hydrogen-bond donors (Lipinski definition) is 2. The van der Waals surface area contributed by atoms with Gasteiger partial charge in [-0.3, -0.25) is 14.3 Å². The molecule has 0 aliphatic heterocycles. The molecule has 114 valence electrons. The average Bonchev–Trinajstić information content (AvgIpc) is 3.21. The first-order chi connectivity index (χ1) is 10.6. The molecular weight excluding hydrogens is 282 g/mol. The maximum atomic E-state index is 12.0. The molecule has 6 heteroatoms. The Hall–Kier alpha value is -2.63. The Kier molecular flexibility index (Phi) is 3.66. The van der Waals surface area contributed by atoms with E-state index >= 15 is 0 Å². The summed E-state index contributed by atoms with van der Waals surface area (Å²) < 4.78 is 1.73. The van der Waals surface area contributed by atoms with Gasteiger partial charge in [0.05, 0.1) is 18.0 Å². The third-order valence-electron chi connectivity index (χ3n) is 3.93. The first-order valence-electron chi connectivity index (χ1n) is 7.13. The molecule has 2 N–H and O–H groups in total. The monoisotopic (exact) mass is 299 g/mol. The number of aromatic nitrogens is 2.